The summed E-state index contributed by atoms with van der Waals surface area (Å²) in [5.74, 6) is 2.01. The highest BCUT2D eigenvalue weighted by Gasteiger charge is 2.38. The molecule has 0 saturated heterocycles. The number of rotatable bonds is 9. The van der Waals surface area contributed by atoms with E-state index >= 15 is 0 Å². The third kappa shape index (κ3) is 8.53. The molecule has 2 aromatic carbocycles. The summed E-state index contributed by atoms with van der Waals surface area (Å²) in [6.07, 6.45) is 2.31. The van der Waals surface area contributed by atoms with Gasteiger partial charge in [-0.05, 0) is 73.4 Å². The Hall–Kier alpha value is -4.59. The minimum absolute atomic E-state index is 0.0357. The molecule has 2 heterocycles. The molecule has 258 valence electrons. The molecule has 2 aliphatic rings. The summed E-state index contributed by atoms with van der Waals surface area (Å²) < 4.78 is 54.2. The fourth-order valence-electron chi connectivity index (χ4n) is 6.59. The molecule has 1 atom stereocenters. The van der Waals surface area contributed by atoms with Crippen molar-refractivity contribution >= 4 is 16.9 Å². The number of hydrogen-bond acceptors (Lipinski definition) is 4. The van der Waals surface area contributed by atoms with Crippen molar-refractivity contribution in [1.29, 1.82) is 0 Å². The Labute approximate surface area is 283 Å². The van der Waals surface area contributed by atoms with Crippen LogP contribution in [0.3, 0.4) is 0 Å². The van der Waals surface area contributed by atoms with Crippen molar-refractivity contribution in [2.75, 3.05) is 0 Å². The van der Waals surface area contributed by atoms with Crippen LogP contribution in [0.25, 0.3) is 22.3 Å². The highest BCUT2D eigenvalue weighted by molar-refractivity contribution is 5.80. The smallest absolute Gasteiger partial charge is 0.248 e. The average Bonchev–Trinajstić information content (AvgIpc) is 3.72. The van der Waals surface area contributed by atoms with Gasteiger partial charge >= 0.3 is 0 Å². The van der Waals surface area contributed by atoms with E-state index in [0.29, 0.717) is 25.2 Å². The second-order valence-corrected chi connectivity index (χ2v) is 13.8. The molecule has 49 heavy (non-hydrogen) atoms. The lowest BCUT2D eigenvalue weighted by molar-refractivity contribution is -0.130. The first-order valence-electron chi connectivity index (χ1n) is 17.0. The molecule has 0 radical (unpaired) electrons. The lowest BCUT2D eigenvalue weighted by Gasteiger charge is -2.29. The predicted octanol–water partition coefficient (Wildman–Crippen LogP) is 8.42. The summed E-state index contributed by atoms with van der Waals surface area (Å²) in [5.41, 5.74) is 5.78. The van der Waals surface area contributed by atoms with Crippen molar-refractivity contribution in [3.8, 4) is 23.1 Å². The number of imidazole rings is 2. The van der Waals surface area contributed by atoms with Crippen molar-refractivity contribution < 1.29 is 22.4 Å². The van der Waals surface area contributed by atoms with Gasteiger partial charge in [0.2, 0.25) is 17.8 Å². The molecule has 2 fully saturated rings. The van der Waals surface area contributed by atoms with Gasteiger partial charge in [0.05, 0.1) is 35.5 Å². The van der Waals surface area contributed by atoms with Crippen molar-refractivity contribution in [2.45, 2.75) is 89.6 Å². The summed E-state index contributed by atoms with van der Waals surface area (Å²) in [5, 5.41) is 6.31. The first kappa shape index (κ1) is 34.3. The Balaban J connectivity index is 1.05. The molecule has 0 spiro atoms. The third-order valence-corrected chi connectivity index (χ3v) is 9.72. The minimum Gasteiger partial charge on any atom is -0.381 e. The molecular weight excluding hydrogens is 632 g/mol. The first-order valence-corrected chi connectivity index (χ1v) is 17.0. The van der Waals surface area contributed by atoms with Crippen molar-refractivity contribution in [2.24, 2.45) is 17.8 Å². The Morgan fingerprint density at radius 3 is 2.18 bits per heavy atom. The van der Waals surface area contributed by atoms with Crippen LogP contribution in [0.1, 0.15) is 94.0 Å². The van der Waals surface area contributed by atoms with E-state index in [0.717, 1.165) is 44.9 Å². The molecule has 0 aliphatic heterocycles. The number of aromatic amines is 2. The fraction of sp³-hybridized carbons (Fsp3) is 0.447. The number of nitrogens with one attached hydrogen (secondary N) is 4. The molecule has 2 saturated carbocycles. The molecule has 7 nitrogen and oxygen atoms in total. The van der Waals surface area contributed by atoms with Crippen LogP contribution >= 0.6 is 0 Å². The van der Waals surface area contributed by atoms with Crippen LogP contribution in [0.15, 0.2) is 60.9 Å². The number of carbonyl (C=O) groups excluding carboxylic acids is 1. The largest absolute Gasteiger partial charge is 0.381 e. The second kappa shape index (κ2) is 14.1. The number of nitrogens with zero attached hydrogens (tertiary/aromatic N) is 2. The maximum Gasteiger partial charge on any atom is 0.248 e. The quantitative estimate of drug-likeness (QED) is 0.106. The number of H-pyrrole nitrogens is 2. The molecule has 11 heteroatoms. The van der Waals surface area contributed by atoms with Crippen LogP contribution in [0, 0.1) is 29.6 Å². The predicted molar refractivity (Wildman–Crippen MR) is 182 cm³/mol. The third-order valence-electron chi connectivity index (χ3n) is 9.72. The van der Waals surface area contributed by atoms with Crippen LogP contribution in [-0.2, 0) is 11.3 Å². The molecule has 1 amide bonds. The van der Waals surface area contributed by atoms with E-state index in [2.05, 4.69) is 44.0 Å². The topological polar surface area (TPSA) is 98.5 Å². The second-order valence-electron chi connectivity index (χ2n) is 13.8. The van der Waals surface area contributed by atoms with Crippen molar-refractivity contribution in [3.05, 3.63) is 83.7 Å². The van der Waals surface area contributed by atoms with Gasteiger partial charge in [0, 0.05) is 48.4 Å². The summed E-state index contributed by atoms with van der Waals surface area (Å²) in [6, 6.07) is 13.2. The zero-order valence-electron chi connectivity index (χ0n) is 27.8. The lowest BCUT2D eigenvalue weighted by atomic mass is 9.85. The summed E-state index contributed by atoms with van der Waals surface area (Å²) >= 11 is 0. The summed E-state index contributed by atoms with van der Waals surface area (Å²) in [7, 11) is 0. The van der Waals surface area contributed by atoms with E-state index in [1.807, 2.05) is 56.3 Å². The van der Waals surface area contributed by atoms with Gasteiger partial charge in [0.15, 0.2) is 0 Å². The van der Waals surface area contributed by atoms with Gasteiger partial charge in [-0.3, -0.25) is 4.79 Å². The number of benzene rings is 2. The monoisotopic (exact) mass is 674 g/mol. The number of fused-ring (bicyclic) bond motifs is 1. The molecule has 6 rings (SSSR count). The van der Waals surface area contributed by atoms with Gasteiger partial charge < -0.3 is 20.6 Å². The van der Waals surface area contributed by atoms with Gasteiger partial charge in [0.1, 0.15) is 11.6 Å². The maximum absolute atomic E-state index is 13.6. The van der Waals surface area contributed by atoms with Crippen molar-refractivity contribution in [1.82, 2.24) is 30.6 Å². The number of amides is 1. The van der Waals surface area contributed by atoms with E-state index in [1.54, 1.807) is 6.20 Å². The number of carbonyl (C=O) groups is 1. The first-order chi connectivity index (χ1) is 23.3. The Bertz CT molecular complexity index is 1850. The zero-order valence-corrected chi connectivity index (χ0v) is 27.8. The highest BCUT2D eigenvalue weighted by Crippen LogP contribution is 2.38. The maximum atomic E-state index is 13.6. The number of aromatic nitrogens is 4. The lowest BCUT2D eigenvalue weighted by Crippen LogP contribution is -2.39. The highest BCUT2D eigenvalue weighted by atomic mass is 19.3. The zero-order chi connectivity index (χ0) is 34.8. The normalized spacial score (nSPS) is 18.5. The van der Waals surface area contributed by atoms with E-state index in [4.69, 9.17) is 4.98 Å². The number of hydrogen-bond donors (Lipinski definition) is 4. The molecule has 4 aromatic rings. The Morgan fingerprint density at radius 2 is 1.53 bits per heavy atom. The van der Waals surface area contributed by atoms with E-state index < -0.39 is 17.8 Å². The van der Waals surface area contributed by atoms with Gasteiger partial charge in [-0.1, -0.05) is 44.4 Å². The van der Waals surface area contributed by atoms with E-state index in [-0.39, 0.29) is 62.3 Å². The molecule has 4 N–H and O–H groups in total. The SMILES string of the molecule is C=C(NCc1ncc(-c2ccc(C#Cc3ccc4nc([C@@H](NC(=O)C5CCC(F)(F)CC5)C(C)C)[nH]c4c3)cc2)[nH]1)C1CCC(F)(F)CC1. The Morgan fingerprint density at radius 1 is 0.918 bits per heavy atom. The Kier molecular flexibility index (Phi) is 9.87. The van der Waals surface area contributed by atoms with Crippen LogP contribution in [0.5, 0.6) is 0 Å². The van der Waals surface area contributed by atoms with Gasteiger partial charge in [0.25, 0.3) is 0 Å². The molecular formula is C38H42F4N6O. The summed E-state index contributed by atoms with van der Waals surface area (Å²) in [4.78, 5) is 28.8. The molecule has 2 aliphatic carbocycles. The minimum atomic E-state index is -2.68. The standard InChI is InChI=1S/C38H42F4N6O/c1-23(2)34(48-36(49)29-14-18-38(41,42)19-15-29)35-46-30-11-8-26(20-31(30)47-35)5-4-25-6-9-28(10-7-25)32-21-44-33(45-32)22-43-24(3)27-12-16-37(39,40)17-13-27/h6-11,20-21,23,27,29,34,43H,3,12-19,22H2,1-2H3,(H,44,45)(H,46,47)(H,48,49)/t34-/m0/s1. The van der Waals surface area contributed by atoms with Crippen LogP contribution in [0.2, 0.25) is 0 Å². The van der Waals surface area contributed by atoms with Crippen LogP contribution < -0.4 is 10.6 Å². The number of halogens is 4. The average molecular weight is 675 g/mol. The number of alkyl halides is 4. The van der Waals surface area contributed by atoms with E-state index in [1.165, 1.54) is 0 Å². The fourth-order valence-corrected chi connectivity index (χ4v) is 6.59. The van der Waals surface area contributed by atoms with Crippen LogP contribution in [-0.4, -0.2) is 37.7 Å². The van der Waals surface area contributed by atoms with E-state index in [9.17, 15) is 22.4 Å². The van der Waals surface area contributed by atoms with Gasteiger partial charge in [-0.25, -0.2) is 27.5 Å². The van der Waals surface area contributed by atoms with Crippen LogP contribution in [0.4, 0.5) is 17.6 Å². The van der Waals surface area contributed by atoms with Crippen molar-refractivity contribution in [3.63, 3.8) is 0 Å². The number of allylic oxidation sites excluding steroid dienone is 1. The van der Waals surface area contributed by atoms with Gasteiger partial charge in [-0.15, -0.1) is 0 Å². The summed E-state index contributed by atoms with van der Waals surface area (Å²) in [6.45, 7) is 8.48. The van der Waals surface area contributed by atoms with Gasteiger partial charge in [-0.2, -0.15) is 0 Å². The molecule has 0 bridgehead atoms. The molecule has 0 unspecified atom stereocenters. The molecule has 2 aromatic heterocycles.